The molecule has 0 saturated heterocycles. The van der Waals surface area contributed by atoms with Crippen LogP contribution in [0.4, 0.5) is 0 Å². The zero-order valence-electron chi connectivity index (χ0n) is 10.4. The molecule has 0 aliphatic carbocycles. The number of aryl methyl sites for hydroxylation is 1. The van der Waals surface area contributed by atoms with E-state index in [2.05, 4.69) is 0 Å². The van der Waals surface area contributed by atoms with Crippen LogP contribution < -0.4 is 0 Å². The van der Waals surface area contributed by atoms with Gasteiger partial charge in [0.05, 0.1) is 0 Å². The number of phenols is 1. The summed E-state index contributed by atoms with van der Waals surface area (Å²) in [5, 5.41) is 10.2. The molecule has 1 aromatic heterocycles. The maximum Gasteiger partial charge on any atom is 0.150 e. The van der Waals surface area contributed by atoms with Gasteiger partial charge in [-0.3, -0.25) is 4.79 Å². The van der Waals surface area contributed by atoms with Crippen LogP contribution in [0.2, 0.25) is 0 Å². The van der Waals surface area contributed by atoms with Gasteiger partial charge in [-0.05, 0) is 49.4 Å². The molecule has 94 valence electrons. The predicted molar refractivity (Wildman–Crippen MR) is 73.4 cm³/mol. The summed E-state index contributed by atoms with van der Waals surface area (Å²) in [4.78, 5) is 10.8. The SMILES string of the molecule is Cc1c(-c2ccc(O)cc2)oc2ccc(C=O)cc12. The molecule has 19 heavy (non-hydrogen) atoms. The van der Waals surface area contributed by atoms with Crippen LogP contribution in [0.15, 0.2) is 46.9 Å². The smallest absolute Gasteiger partial charge is 0.150 e. The number of rotatable bonds is 2. The summed E-state index contributed by atoms with van der Waals surface area (Å²) >= 11 is 0. The lowest BCUT2D eigenvalue weighted by Crippen LogP contribution is -1.79. The van der Waals surface area contributed by atoms with Gasteiger partial charge < -0.3 is 9.52 Å². The number of aldehydes is 1. The van der Waals surface area contributed by atoms with E-state index in [-0.39, 0.29) is 5.75 Å². The molecule has 0 unspecified atom stereocenters. The number of carbonyl (C=O) groups excluding carboxylic acids is 1. The summed E-state index contributed by atoms with van der Waals surface area (Å²) in [5.74, 6) is 0.985. The normalized spacial score (nSPS) is 10.8. The van der Waals surface area contributed by atoms with Crippen molar-refractivity contribution in [3.63, 3.8) is 0 Å². The lowest BCUT2D eigenvalue weighted by atomic mass is 10.1. The van der Waals surface area contributed by atoms with Crippen molar-refractivity contribution in [2.45, 2.75) is 6.92 Å². The van der Waals surface area contributed by atoms with E-state index >= 15 is 0 Å². The third-order valence-corrected chi connectivity index (χ3v) is 3.23. The molecular formula is C16H12O3. The lowest BCUT2D eigenvalue weighted by Gasteiger charge is -1.98. The Kier molecular flexibility index (Phi) is 2.60. The quantitative estimate of drug-likeness (QED) is 0.703. The van der Waals surface area contributed by atoms with E-state index in [9.17, 15) is 9.90 Å². The molecule has 0 aliphatic heterocycles. The van der Waals surface area contributed by atoms with E-state index in [1.807, 2.05) is 13.0 Å². The molecule has 0 atom stereocenters. The van der Waals surface area contributed by atoms with Crippen LogP contribution in [0.3, 0.4) is 0 Å². The summed E-state index contributed by atoms with van der Waals surface area (Å²) in [6.45, 7) is 1.96. The average molecular weight is 252 g/mol. The Bertz CT molecular complexity index is 752. The minimum absolute atomic E-state index is 0.223. The fourth-order valence-corrected chi connectivity index (χ4v) is 2.20. The molecule has 0 saturated carbocycles. The van der Waals surface area contributed by atoms with Crippen LogP contribution in [0.1, 0.15) is 15.9 Å². The molecular weight excluding hydrogens is 240 g/mol. The number of phenolic OH excluding ortho intramolecular Hbond substituents is 1. The first-order valence-electron chi connectivity index (χ1n) is 5.97. The van der Waals surface area contributed by atoms with Gasteiger partial charge in [0.25, 0.3) is 0 Å². The topological polar surface area (TPSA) is 50.4 Å². The van der Waals surface area contributed by atoms with Crippen molar-refractivity contribution in [3.8, 4) is 17.1 Å². The molecule has 1 heterocycles. The number of hydrogen-bond acceptors (Lipinski definition) is 3. The van der Waals surface area contributed by atoms with Gasteiger partial charge in [0.1, 0.15) is 23.4 Å². The first kappa shape index (κ1) is 11.5. The standard InChI is InChI=1S/C16H12O3/c1-10-14-8-11(9-17)2-7-15(14)19-16(10)12-3-5-13(18)6-4-12/h2-9,18H,1H3. The number of aromatic hydroxyl groups is 1. The largest absolute Gasteiger partial charge is 0.508 e. The van der Waals surface area contributed by atoms with Crippen molar-refractivity contribution in [2.75, 3.05) is 0 Å². The van der Waals surface area contributed by atoms with Gasteiger partial charge in [-0.1, -0.05) is 0 Å². The highest BCUT2D eigenvalue weighted by Crippen LogP contribution is 2.33. The molecule has 0 amide bonds. The highest BCUT2D eigenvalue weighted by Gasteiger charge is 2.12. The Labute approximate surface area is 110 Å². The molecule has 2 aromatic carbocycles. The predicted octanol–water partition coefficient (Wildman–Crippen LogP) is 3.93. The van der Waals surface area contributed by atoms with Crippen LogP contribution in [0.5, 0.6) is 5.75 Å². The van der Waals surface area contributed by atoms with E-state index in [0.717, 1.165) is 34.1 Å². The molecule has 3 nitrogen and oxygen atoms in total. The second-order valence-corrected chi connectivity index (χ2v) is 4.48. The number of benzene rings is 2. The van der Waals surface area contributed by atoms with E-state index < -0.39 is 0 Å². The summed E-state index contributed by atoms with van der Waals surface area (Å²) in [6.07, 6.45) is 0.826. The first-order valence-corrected chi connectivity index (χ1v) is 5.97. The van der Waals surface area contributed by atoms with Gasteiger partial charge in [-0.2, -0.15) is 0 Å². The van der Waals surface area contributed by atoms with Gasteiger partial charge in [0, 0.05) is 22.1 Å². The van der Waals surface area contributed by atoms with E-state index in [0.29, 0.717) is 5.56 Å². The average Bonchev–Trinajstić information content (AvgIpc) is 2.76. The Morgan fingerprint density at radius 3 is 2.53 bits per heavy atom. The van der Waals surface area contributed by atoms with Gasteiger partial charge in [-0.25, -0.2) is 0 Å². The van der Waals surface area contributed by atoms with Crippen LogP contribution in [-0.2, 0) is 0 Å². The zero-order valence-corrected chi connectivity index (χ0v) is 10.4. The van der Waals surface area contributed by atoms with Crippen molar-refractivity contribution in [2.24, 2.45) is 0 Å². The maximum absolute atomic E-state index is 10.8. The Hall–Kier alpha value is -2.55. The highest BCUT2D eigenvalue weighted by atomic mass is 16.3. The molecule has 0 radical (unpaired) electrons. The number of furan rings is 1. The van der Waals surface area contributed by atoms with Crippen molar-refractivity contribution >= 4 is 17.3 Å². The molecule has 3 aromatic rings. The molecule has 3 rings (SSSR count). The summed E-state index contributed by atoms with van der Waals surface area (Å²) in [6, 6.07) is 12.2. The molecule has 0 fully saturated rings. The molecule has 1 N–H and O–H groups in total. The second-order valence-electron chi connectivity index (χ2n) is 4.48. The third kappa shape index (κ3) is 1.89. The molecule has 0 aliphatic rings. The van der Waals surface area contributed by atoms with Crippen LogP contribution in [0, 0.1) is 6.92 Å². The van der Waals surface area contributed by atoms with Gasteiger partial charge in [0.15, 0.2) is 0 Å². The minimum atomic E-state index is 0.223. The maximum atomic E-state index is 10.8. The summed E-state index contributed by atoms with van der Waals surface area (Å²) in [7, 11) is 0. The van der Waals surface area contributed by atoms with Crippen molar-refractivity contribution in [1.29, 1.82) is 0 Å². The van der Waals surface area contributed by atoms with E-state index in [1.165, 1.54) is 0 Å². The molecule has 0 spiro atoms. The fraction of sp³-hybridized carbons (Fsp3) is 0.0625. The highest BCUT2D eigenvalue weighted by molar-refractivity contribution is 5.92. The van der Waals surface area contributed by atoms with Crippen molar-refractivity contribution in [3.05, 3.63) is 53.6 Å². The number of hydrogen-bond donors (Lipinski definition) is 1. The summed E-state index contributed by atoms with van der Waals surface area (Å²) < 4.78 is 5.83. The van der Waals surface area contributed by atoms with Gasteiger partial charge in [0.2, 0.25) is 0 Å². The van der Waals surface area contributed by atoms with Gasteiger partial charge in [-0.15, -0.1) is 0 Å². The number of fused-ring (bicyclic) bond motifs is 1. The second kappa shape index (κ2) is 4.28. The van der Waals surface area contributed by atoms with Crippen LogP contribution in [-0.4, -0.2) is 11.4 Å². The fourth-order valence-electron chi connectivity index (χ4n) is 2.20. The van der Waals surface area contributed by atoms with E-state index in [1.54, 1.807) is 36.4 Å². The van der Waals surface area contributed by atoms with Crippen LogP contribution >= 0.6 is 0 Å². The lowest BCUT2D eigenvalue weighted by molar-refractivity contribution is 0.112. The molecule has 0 bridgehead atoms. The van der Waals surface area contributed by atoms with E-state index in [4.69, 9.17) is 4.42 Å². The van der Waals surface area contributed by atoms with Crippen molar-refractivity contribution < 1.29 is 14.3 Å². The summed E-state index contributed by atoms with van der Waals surface area (Å²) in [5.41, 5.74) is 3.28. The third-order valence-electron chi connectivity index (χ3n) is 3.23. The zero-order chi connectivity index (χ0) is 13.4. The number of carbonyl (C=O) groups is 1. The van der Waals surface area contributed by atoms with Gasteiger partial charge >= 0.3 is 0 Å². The van der Waals surface area contributed by atoms with Crippen LogP contribution in [0.25, 0.3) is 22.3 Å². The minimum Gasteiger partial charge on any atom is -0.508 e. The molecule has 3 heteroatoms. The Morgan fingerprint density at radius 2 is 1.84 bits per heavy atom. The van der Waals surface area contributed by atoms with Crippen molar-refractivity contribution in [1.82, 2.24) is 0 Å². The first-order chi connectivity index (χ1) is 9.19. The Balaban J connectivity index is 2.22. The Morgan fingerprint density at radius 1 is 1.11 bits per heavy atom. The monoisotopic (exact) mass is 252 g/mol.